The van der Waals surface area contributed by atoms with Gasteiger partial charge in [-0.3, -0.25) is 0 Å². The molecule has 3 N–H and O–H groups in total. The average molecular weight is 263 g/mol. The predicted octanol–water partition coefficient (Wildman–Crippen LogP) is 2.56. The fraction of sp³-hybridized carbons (Fsp3) is 0.600. The summed E-state index contributed by atoms with van der Waals surface area (Å²) in [5, 5.41) is 3.52. The molecule has 0 saturated carbocycles. The van der Waals surface area contributed by atoms with E-state index in [-0.39, 0.29) is 0 Å². The van der Waals surface area contributed by atoms with E-state index >= 15 is 0 Å². The first-order chi connectivity index (χ1) is 9.19. The van der Waals surface area contributed by atoms with Gasteiger partial charge in [-0.15, -0.1) is 0 Å². The molecule has 1 aliphatic heterocycles. The van der Waals surface area contributed by atoms with E-state index < -0.39 is 0 Å². The number of benzene rings is 1. The SMILES string of the molecule is CCOc1cc(NC(C)CN2CCCC2)ccc1N. The highest BCUT2D eigenvalue weighted by molar-refractivity contribution is 5.61. The zero-order valence-corrected chi connectivity index (χ0v) is 12.0. The normalized spacial score (nSPS) is 17.4. The van der Waals surface area contributed by atoms with Gasteiger partial charge in [-0.2, -0.15) is 0 Å². The van der Waals surface area contributed by atoms with E-state index in [1.54, 1.807) is 0 Å². The van der Waals surface area contributed by atoms with E-state index in [4.69, 9.17) is 10.5 Å². The maximum absolute atomic E-state index is 5.88. The van der Waals surface area contributed by atoms with Crippen molar-refractivity contribution in [3.05, 3.63) is 18.2 Å². The minimum Gasteiger partial charge on any atom is -0.492 e. The van der Waals surface area contributed by atoms with Gasteiger partial charge in [-0.05, 0) is 51.9 Å². The number of nitrogens with one attached hydrogen (secondary N) is 1. The molecule has 1 atom stereocenters. The Labute approximate surface area is 115 Å². The van der Waals surface area contributed by atoms with Crippen LogP contribution in [0.2, 0.25) is 0 Å². The molecular weight excluding hydrogens is 238 g/mol. The molecule has 19 heavy (non-hydrogen) atoms. The molecule has 2 rings (SSSR count). The summed E-state index contributed by atoms with van der Waals surface area (Å²) in [6.07, 6.45) is 2.67. The van der Waals surface area contributed by atoms with Gasteiger partial charge in [0, 0.05) is 24.3 Å². The van der Waals surface area contributed by atoms with Crippen LogP contribution in [0.5, 0.6) is 5.75 Å². The van der Waals surface area contributed by atoms with Crippen molar-refractivity contribution in [3.63, 3.8) is 0 Å². The van der Waals surface area contributed by atoms with E-state index in [2.05, 4.69) is 17.1 Å². The fourth-order valence-corrected chi connectivity index (χ4v) is 2.59. The zero-order valence-electron chi connectivity index (χ0n) is 12.0. The van der Waals surface area contributed by atoms with Crippen molar-refractivity contribution >= 4 is 11.4 Å². The smallest absolute Gasteiger partial charge is 0.144 e. The van der Waals surface area contributed by atoms with E-state index in [9.17, 15) is 0 Å². The average Bonchev–Trinajstić information content (AvgIpc) is 2.86. The lowest BCUT2D eigenvalue weighted by molar-refractivity contribution is 0.327. The summed E-state index contributed by atoms with van der Waals surface area (Å²) in [6, 6.07) is 6.32. The lowest BCUT2D eigenvalue weighted by Crippen LogP contribution is -2.32. The van der Waals surface area contributed by atoms with Gasteiger partial charge in [-0.1, -0.05) is 0 Å². The number of ether oxygens (including phenoxy) is 1. The molecule has 0 amide bonds. The highest BCUT2D eigenvalue weighted by Gasteiger charge is 2.14. The summed E-state index contributed by atoms with van der Waals surface area (Å²) in [4.78, 5) is 2.51. The molecule has 0 bridgehead atoms. The van der Waals surface area contributed by atoms with Crippen LogP contribution < -0.4 is 15.8 Å². The third-order valence-corrected chi connectivity index (χ3v) is 3.46. The second-order valence-corrected chi connectivity index (χ2v) is 5.24. The van der Waals surface area contributed by atoms with Crippen molar-refractivity contribution in [2.45, 2.75) is 32.7 Å². The molecule has 0 aliphatic carbocycles. The molecule has 4 nitrogen and oxygen atoms in total. The Morgan fingerprint density at radius 2 is 2.11 bits per heavy atom. The maximum atomic E-state index is 5.88. The summed E-state index contributed by atoms with van der Waals surface area (Å²) in [6.45, 7) is 8.38. The van der Waals surface area contributed by atoms with Crippen LogP contribution in [0, 0.1) is 0 Å². The number of nitrogens with zero attached hydrogens (tertiary/aromatic N) is 1. The van der Waals surface area contributed by atoms with Crippen LogP contribution in [-0.4, -0.2) is 37.2 Å². The molecule has 1 aromatic rings. The third kappa shape index (κ3) is 4.03. The minimum atomic E-state index is 0.427. The van der Waals surface area contributed by atoms with Crippen LogP contribution in [0.4, 0.5) is 11.4 Å². The first kappa shape index (κ1) is 14.0. The predicted molar refractivity (Wildman–Crippen MR) is 80.8 cm³/mol. The van der Waals surface area contributed by atoms with Crippen LogP contribution in [0.15, 0.2) is 18.2 Å². The second-order valence-electron chi connectivity index (χ2n) is 5.24. The maximum Gasteiger partial charge on any atom is 0.144 e. The summed E-state index contributed by atoms with van der Waals surface area (Å²) < 4.78 is 5.52. The molecule has 1 aliphatic rings. The first-order valence-corrected chi connectivity index (χ1v) is 7.20. The molecule has 0 spiro atoms. The van der Waals surface area contributed by atoms with Gasteiger partial charge in [-0.25, -0.2) is 0 Å². The van der Waals surface area contributed by atoms with Crippen molar-refractivity contribution in [1.82, 2.24) is 4.90 Å². The largest absolute Gasteiger partial charge is 0.492 e. The first-order valence-electron chi connectivity index (χ1n) is 7.20. The van der Waals surface area contributed by atoms with Gasteiger partial charge >= 0.3 is 0 Å². The van der Waals surface area contributed by atoms with Crippen molar-refractivity contribution in [2.75, 3.05) is 37.3 Å². The molecule has 106 valence electrons. The second kappa shape index (κ2) is 6.66. The molecule has 1 saturated heterocycles. The fourth-order valence-electron chi connectivity index (χ4n) is 2.59. The summed E-state index contributed by atoms with van der Waals surface area (Å²) in [7, 11) is 0. The summed E-state index contributed by atoms with van der Waals surface area (Å²) >= 11 is 0. The van der Waals surface area contributed by atoms with Gasteiger partial charge in [0.15, 0.2) is 0 Å². The molecule has 1 aromatic carbocycles. The Morgan fingerprint density at radius 3 is 2.79 bits per heavy atom. The molecule has 1 unspecified atom stereocenters. The van der Waals surface area contributed by atoms with E-state index in [1.165, 1.54) is 25.9 Å². The van der Waals surface area contributed by atoms with Crippen LogP contribution in [0.3, 0.4) is 0 Å². The Morgan fingerprint density at radius 1 is 1.37 bits per heavy atom. The topological polar surface area (TPSA) is 50.5 Å². The number of nitrogen functional groups attached to an aromatic ring is 1. The molecular formula is C15H25N3O. The van der Waals surface area contributed by atoms with Crippen LogP contribution in [-0.2, 0) is 0 Å². The lowest BCUT2D eigenvalue weighted by Gasteiger charge is -2.22. The Hall–Kier alpha value is -1.42. The minimum absolute atomic E-state index is 0.427. The van der Waals surface area contributed by atoms with Crippen molar-refractivity contribution in [2.24, 2.45) is 0 Å². The van der Waals surface area contributed by atoms with Crippen molar-refractivity contribution in [3.8, 4) is 5.75 Å². The molecule has 0 aromatic heterocycles. The number of nitrogens with two attached hydrogens (primary N) is 1. The highest BCUT2D eigenvalue weighted by atomic mass is 16.5. The third-order valence-electron chi connectivity index (χ3n) is 3.46. The molecule has 4 heteroatoms. The molecule has 0 radical (unpaired) electrons. The van der Waals surface area contributed by atoms with Crippen molar-refractivity contribution in [1.29, 1.82) is 0 Å². The Balaban J connectivity index is 1.92. The lowest BCUT2D eigenvalue weighted by atomic mass is 10.2. The monoisotopic (exact) mass is 263 g/mol. The van der Waals surface area contributed by atoms with Crippen LogP contribution >= 0.6 is 0 Å². The molecule has 1 heterocycles. The van der Waals surface area contributed by atoms with Gasteiger partial charge in [0.25, 0.3) is 0 Å². The summed E-state index contributed by atoms with van der Waals surface area (Å²) in [5.41, 5.74) is 7.64. The number of hydrogen-bond donors (Lipinski definition) is 2. The number of likely N-dealkylation sites (tertiary alicyclic amines) is 1. The van der Waals surface area contributed by atoms with E-state index in [0.29, 0.717) is 18.3 Å². The van der Waals surface area contributed by atoms with Crippen LogP contribution in [0.1, 0.15) is 26.7 Å². The summed E-state index contributed by atoms with van der Waals surface area (Å²) in [5.74, 6) is 0.765. The zero-order chi connectivity index (χ0) is 13.7. The highest BCUT2D eigenvalue weighted by Crippen LogP contribution is 2.26. The van der Waals surface area contributed by atoms with Crippen molar-refractivity contribution < 1.29 is 4.74 Å². The van der Waals surface area contributed by atoms with E-state index in [1.807, 2.05) is 25.1 Å². The quantitative estimate of drug-likeness (QED) is 0.775. The van der Waals surface area contributed by atoms with Crippen LogP contribution in [0.25, 0.3) is 0 Å². The molecule has 1 fully saturated rings. The Kier molecular flexibility index (Phi) is 4.91. The van der Waals surface area contributed by atoms with Gasteiger partial charge in [0.1, 0.15) is 5.75 Å². The van der Waals surface area contributed by atoms with Gasteiger partial charge in [0.2, 0.25) is 0 Å². The van der Waals surface area contributed by atoms with E-state index in [0.717, 1.165) is 18.0 Å². The number of hydrogen-bond acceptors (Lipinski definition) is 4. The number of rotatable bonds is 6. The standard InChI is InChI=1S/C15H25N3O/c1-3-19-15-10-13(6-7-14(15)16)17-12(2)11-18-8-4-5-9-18/h6-7,10,12,17H,3-5,8-9,11,16H2,1-2H3. The van der Waals surface area contributed by atoms with Gasteiger partial charge < -0.3 is 20.7 Å². The number of anilines is 2. The Bertz CT molecular complexity index is 402. The van der Waals surface area contributed by atoms with Gasteiger partial charge in [0.05, 0.1) is 12.3 Å².